The van der Waals surface area contributed by atoms with Crippen LogP contribution >= 0.6 is 21.6 Å². The molecule has 17 N–H and O–H groups in total. The minimum atomic E-state index is -1.55. The maximum absolute atomic E-state index is 14.9. The summed E-state index contributed by atoms with van der Waals surface area (Å²) in [6, 6.07) is 15.8. The summed E-state index contributed by atoms with van der Waals surface area (Å²) < 4.78 is 0. The molecule has 9 atom stereocenters. The Morgan fingerprint density at radius 2 is 1.31 bits per heavy atom. The van der Waals surface area contributed by atoms with Gasteiger partial charge in [-0.1, -0.05) is 108 Å². The summed E-state index contributed by atoms with van der Waals surface area (Å²) >= 11 is 0. The summed E-state index contributed by atoms with van der Waals surface area (Å²) in [6.45, 7) is 5.93. The van der Waals surface area contributed by atoms with Crippen molar-refractivity contribution in [1.82, 2.24) is 42.2 Å². The molecule has 8 amide bonds. The number of rotatable bonds is 17. The Hall–Kier alpha value is -7.71. The lowest BCUT2D eigenvalue weighted by molar-refractivity contribution is -0.136. The first-order chi connectivity index (χ1) is 38.5. The monoisotopic (exact) mass is 1160 g/mol. The third kappa shape index (κ3) is 19.8. The Labute approximate surface area is 476 Å². The Kier molecular flexibility index (Phi) is 24.8. The second kappa shape index (κ2) is 31.3. The molecule has 4 aromatic carbocycles. The number of amides is 8. The van der Waals surface area contributed by atoms with Gasteiger partial charge in [-0.2, -0.15) is 0 Å². The quantitative estimate of drug-likeness (QED) is 0.0455. The first-order valence-electron chi connectivity index (χ1n) is 26.3. The highest BCUT2D eigenvalue weighted by Gasteiger charge is 2.36. The van der Waals surface area contributed by atoms with Crippen LogP contribution in [0.4, 0.5) is 0 Å². The lowest BCUT2D eigenvalue weighted by atomic mass is 10.00. The van der Waals surface area contributed by atoms with Crippen LogP contribution in [-0.2, 0) is 62.4 Å². The van der Waals surface area contributed by atoms with Crippen molar-refractivity contribution in [2.45, 2.75) is 121 Å². The molecule has 1 unspecified atom stereocenters. The van der Waals surface area contributed by atoms with E-state index in [0.29, 0.717) is 24.0 Å². The van der Waals surface area contributed by atoms with Gasteiger partial charge in [0.1, 0.15) is 48.0 Å². The number of aromatic hydroxyl groups is 1. The summed E-state index contributed by atoms with van der Waals surface area (Å²) in [7, 11) is 2.03. The minimum absolute atomic E-state index is 0.0501. The fourth-order valence-corrected chi connectivity index (χ4v) is 11.0. The number of nitrogens with one attached hydrogen (secondary N) is 8. The summed E-state index contributed by atoms with van der Waals surface area (Å²) in [6.07, 6.45) is 1.05. The number of aromatic amines is 1. The SMILES string of the molecule is CC(=O)O.CC(C)[C@@H]1NC(=O)[C@H](CCCCN)NC(=O)[C@@H](Cc2c[nH]c3ccccc23)NC(=O)[C@H](Cc2ccc(O)cc2)NC(=O)[C@H](NC(=O)C(N)Cc2ccc3ccccc3c2)CSSC[C@H](C(=O)N[C@H](C(N)=O)[C@@H](C)O)NC1=O. The van der Waals surface area contributed by atoms with Crippen LogP contribution in [0.1, 0.15) is 63.6 Å². The highest BCUT2D eigenvalue weighted by Crippen LogP contribution is 2.25. The van der Waals surface area contributed by atoms with Gasteiger partial charge in [-0.3, -0.25) is 43.2 Å². The van der Waals surface area contributed by atoms with Gasteiger partial charge in [0.15, 0.2) is 0 Å². The van der Waals surface area contributed by atoms with Crippen LogP contribution in [0, 0.1) is 5.92 Å². The molecule has 6 rings (SSSR count). The van der Waals surface area contributed by atoms with Gasteiger partial charge in [0, 0.05) is 48.4 Å². The third-order valence-corrected chi connectivity index (χ3v) is 15.5. The van der Waals surface area contributed by atoms with Gasteiger partial charge in [-0.15, -0.1) is 0 Å². The molecule has 1 aliphatic heterocycles. The predicted molar refractivity (Wildman–Crippen MR) is 310 cm³/mol. The number of fused-ring (bicyclic) bond motifs is 2. The van der Waals surface area contributed by atoms with Crippen molar-refractivity contribution in [2.75, 3.05) is 18.1 Å². The van der Waals surface area contributed by atoms with Crippen molar-refractivity contribution in [3.63, 3.8) is 0 Å². The van der Waals surface area contributed by atoms with E-state index in [1.807, 2.05) is 66.7 Å². The highest BCUT2D eigenvalue weighted by molar-refractivity contribution is 8.76. The van der Waals surface area contributed by atoms with Crippen molar-refractivity contribution >= 4 is 96.5 Å². The van der Waals surface area contributed by atoms with Gasteiger partial charge in [0.25, 0.3) is 5.97 Å². The van der Waals surface area contributed by atoms with E-state index in [1.54, 1.807) is 32.2 Å². The van der Waals surface area contributed by atoms with Crippen LogP contribution in [0.15, 0.2) is 97.2 Å². The molecular weight excluding hydrogens is 1080 g/mol. The highest BCUT2D eigenvalue weighted by atomic mass is 33.1. The van der Waals surface area contributed by atoms with Gasteiger partial charge in [0.2, 0.25) is 47.3 Å². The van der Waals surface area contributed by atoms with E-state index in [4.69, 9.17) is 27.1 Å². The number of benzene rings is 4. The number of aliphatic hydroxyl groups excluding tert-OH is 1. The number of hydrogen-bond donors (Lipinski definition) is 14. The van der Waals surface area contributed by atoms with Gasteiger partial charge >= 0.3 is 0 Å². The van der Waals surface area contributed by atoms with E-state index >= 15 is 0 Å². The number of primary amides is 1. The van der Waals surface area contributed by atoms with Crippen molar-refractivity contribution in [3.05, 3.63) is 114 Å². The Morgan fingerprint density at radius 3 is 1.96 bits per heavy atom. The van der Waals surface area contributed by atoms with Gasteiger partial charge < -0.3 is 74.7 Å². The zero-order valence-electron chi connectivity index (χ0n) is 45.4. The zero-order chi connectivity index (χ0) is 59.3. The molecule has 0 radical (unpaired) electrons. The number of aliphatic hydroxyl groups is 1. The number of H-pyrrole nitrogens is 1. The van der Waals surface area contributed by atoms with Gasteiger partial charge in [-0.05, 0) is 90.7 Å². The van der Waals surface area contributed by atoms with Crippen LogP contribution < -0.4 is 54.4 Å². The maximum atomic E-state index is 14.9. The number of unbranched alkanes of at least 4 members (excludes halogenated alkanes) is 1. The van der Waals surface area contributed by atoms with Crippen LogP contribution in [0.3, 0.4) is 0 Å². The first-order valence-corrected chi connectivity index (χ1v) is 28.8. The molecule has 1 fully saturated rings. The lowest BCUT2D eigenvalue weighted by Crippen LogP contribution is -2.62. The van der Waals surface area contributed by atoms with Gasteiger partial charge in [-0.25, -0.2) is 0 Å². The van der Waals surface area contributed by atoms with E-state index in [2.05, 4.69) is 42.2 Å². The molecule has 0 saturated carbocycles. The summed E-state index contributed by atoms with van der Waals surface area (Å²) in [5.74, 6) is -8.50. The lowest BCUT2D eigenvalue weighted by Gasteiger charge is -2.29. The Morgan fingerprint density at radius 1 is 0.716 bits per heavy atom. The number of aliphatic carboxylic acids is 1. The van der Waals surface area contributed by atoms with Crippen molar-refractivity contribution in [2.24, 2.45) is 23.1 Å². The van der Waals surface area contributed by atoms with E-state index < -0.39 is 114 Å². The number of carbonyl (C=O) groups excluding carboxylic acids is 8. The predicted octanol–water partition coefficient (Wildman–Crippen LogP) is 0.913. The van der Waals surface area contributed by atoms with Crippen LogP contribution in [0.2, 0.25) is 0 Å². The number of carboxylic acids is 1. The fourth-order valence-electron chi connectivity index (χ4n) is 8.71. The summed E-state index contributed by atoms with van der Waals surface area (Å²) in [5.41, 5.74) is 20.5. The van der Waals surface area contributed by atoms with E-state index in [1.165, 1.54) is 19.1 Å². The van der Waals surface area contributed by atoms with E-state index in [-0.39, 0.29) is 49.5 Å². The average Bonchev–Trinajstić information content (AvgIpc) is 3.88. The molecule has 0 spiro atoms. The molecule has 81 heavy (non-hydrogen) atoms. The van der Waals surface area contributed by atoms with Crippen LogP contribution in [-0.4, -0.2) is 146 Å². The normalized spacial score (nSPS) is 20.9. The first kappa shape index (κ1) is 64.1. The van der Waals surface area contributed by atoms with Crippen molar-refractivity contribution in [3.8, 4) is 5.75 Å². The molecule has 23 nitrogen and oxygen atoms in total. The van der Waals surface area contributed by atoms with E-state index in [9.17, 15) is 48.6 Å². The smallest absolute Gasteiger partial charge is 0.300 e. The number of para-hydroxylation sites is 1. The molecule has 0 bridgehead atoms. The standard InChI is InChI=1S/C54H69N11O10S2.C2H4O2/c1-29(2)45-54(75)63-44(53(74)65-46(30(3)66)47(57)68)28-77-76-27-43(62-48(69)38(56)23-32-15-18-33-10-4-5-11-34(33)22-32)52(73)60-41(24-31-16-19-36(67)20-17-31)50(71)61-42(25-35-26-58-39-13-7-6-12-37(35)39)51(72)59-40(49(70)64-45)14-8-9-21-55;1-2(3)4/h4-7,10-13,15-20,22,26,29-30,38,40-46,58,66-67H,8-9,14,21,23-25,27-28,55-56H2,1-3H3,(H2,57,68)(H,59,72)(H,60,73)(H,61,71)(H,62,69)(H,63,75)(H,64,70)(H,65,74);1H3,(H,3,4)/t30-,38?,40+,41+,42-,43-,44-,45+,46+;/m1./s1. The fraction of sp³-hybridized carbons (Fsp3) is 0.411. The molecule has 5 aromatic rings. The van der Waals surface area contributed by atoms with Gasteiger partial charge in [0.05, 0.1) is 12.1 Å². The molecule has 436 valence electrons. The number of phenols is 1. The topological polar surface area (TPSA) is 392 Å². The molecule has 1 aromatic heterocycles. The second-order valence-corrected chi connectivity index (χ2v) is 22.5. The van der Waals surface area contributed by atoms with Crippen molar-refractivity contribution in [1.29, 1.82) is 0 Å². The average molecular weight is 1160 g/mol. The molecule has 1 saturated heterocycles. The molecule has 1 aliphatic rings. The third-order valence-electron chi connectivity index (χ3n) is 13.1. The molecule has 0 aliphatic carbocycles. The maximum Gasteiger partial charge on any atom is 0.300 e. The number of carbonyl (C=O) groups is 9. The van der Waals surface area contributed by atoms with Crippen molar-refractivity contribution < 1.29 is 58.5 Å². The zero-order valence-corrected chi connectivity index (χ0v) is 47.1. The Balaban J connectivity index is 0.00000291. The molecular formula is C56H73N11O12S2. The van der Waals surface area contributed by atoms with Crippen LogP contribution in [0.5, 0.6) is 5.75 Å². The number of hydrogen-bond acceptors (Lipinski definition) is 15. The number of carboxylic acid groups (broad SMARTS) is 1. The summed E-state index contributed by atoms with van der Waals surface area (Å²) in [4.78, 5) is 125. The molecule has 25 heteroatoms. The second-order valence-electron chi connectivity index (χ2n) is 20.0. The van der Waals surface area contributed by atoms with Crippen LogP contribution in [0.25, 0.3) is 21.7 Å². The largest absolute Gasteiger partial charge is 0.508 e. The number of aromatic nitrogens is 1. The minimum Gasteiger partial charge on any atom is -0.508 e. The number of phenolic OH excluding ortho intramolecular Hbond substituents is 1. The summed E-state index contributed by atoms with van der Waals surface area (Å²) in [5, 5.41) is 49.5. The molecule has 2 heterocycles. The number of nitrogens with two attached hydrogens (primary N) is 3. The van der Waals surface area contributed by atoms with E-state index in [0.717, 1.165) is 55.8 Å². The Bertz CT molecular complexity index is 2990.